The minimum Gasteiger partial charge on any atom is -0.344 e. The number of pyridine rings is 1. The van der Waals surface area contributed by atoms with Crippen LogP contribution in [0.1, 0.15) is 38.7 Å². The molecular weight excluding hydrogens is 422 g/mol. The maximum Gasteiger partial charge on any atom is 0.240 e. The molecule has 6 nitrogen and oxygen atoms in total. The van der Waals surface area contributed by atoms with E-state index in [0.717, 1.165) is 16.7 Å². The molecule has 0 spiro atoms. The lowest BCUT2D eigenvalue weighted by molar-refractivity contribution is -0.126. The summed E-state index contributed by atoms with van der Waals surface area (Å²) in [5, 5.41) is 12.1. The maximum absolute atomic E-state index is 12.7. The Bertz CT molecular complexity index is 1200. The largest absolute Gasteiger partial charge is 0.344 e. The Labute approximate surface area is 193 Å². The number of amides is 1. The zero-order valence-corrected chi connectivity index (χ0v) is 18.2. The Morgan fingerprint density at radius 1 is 1.03 bits per heavy atom. The fourth-order valence-corrected chi connectivity index (χ4v) is 3.53. The van der Waals surface area contributed by atoms with Crippen LogP contribution in [0, 0.1) is 0 Å². The van der Waals surface area contributed by atoms with Gasteiger partial charge in [0.05, 0.1) is 16.6 Å². The molecule has 2 heterocycles. The summed E-state index contributed by atoms with van der Waals surface area (Å²) in [6, 6.07) is 21.6. The third-order valence-electron chi connectivity index (χ3n) is 5.10. The summed E-state index contributed by atoms with van der Waals surface area (Å²) < 4.78 is 1.80. The van der Waals surface area contributed by atoms with Crippen molar-refractivity contribution in [3.05, 3.63) is 89.3 Å². The Balaban J connectivity index is 0.00000289. The maximum atomic E-state index is 12.7. The van der Waals surface area contributed by atoms with Gasteiger partial charge in [-0.3, -0.25) is 9.20 Å². The van der Waals surface area contributed by atoms with Gasteiger partial charge in [0.25, 0.3) is 0 Å². The second kappa shape index (κ2) is 9.51. The Hall–Kier alpha value is -3.22. The van der Waals surface area contributed by atoms with Crippen LogP contribution in [0.15, 0.2) is 72.9 Å². The molecule has 32 heavy (non-hydrogen) atoms. The summed E-state index contributed by atoms with van der Waals surface area (Å²) in [4.78, 5) is 12.7. The number of hydrogen-bond acceptors (Lipinski definition) is 4. The number of hydrogen-bond donors (Lipinski definition) is 2. The molecule has 0 unspecified atom stereocenters. The van der Waals surface area contributed by atoms with E-state index < -0.39 is 11.6 Å². The van der Waals surface area contributed by atoms with Gasteiger partial charge in [-0.2, -0.15) is 0 Å². The van der Waals surface area contributed by atoms with Crippen LogP contribution in [-0.4, -0.2) is 26.0 Å². The number of carbonyl (C=O) groups excluding carboxylic acids is 1. The average Bonchev–Trinajstić information content (AvgIpc) is 3.16. The third-order valence-corrected chi connectivity index (χ3v) is 5.32. The summed E-state index contributed by atoms with van der Waals surface area (Å²) >= 11 is 6.18. The fourth-order valence-electron chi connectivity index (χ4n) is 3.37. The number of nitrogens with zero attached hydrogens (tertiary/aromatic N) is 3. The zero-order chi connectivity index (χ0) is 22.0. The van der Waals surface area contributed by atoms with Crippen LogP contribution in [-0.2, 0) is 11.2 Å². The van der Waals surface area contributed by atoms with Crippen molar-refractivity contribution < 1.29 is 4.79 Å². The number of halogens is 1. The van der Waals surface area contributed by atoms with Crippen molar-refractivity contribution in [1.29, 1.82) is 0 Å². The zero-order valence-electron chi connectivity index (χ0n) is 17.4. The molecule has 2 aromatic heterocycles. The summed E-state index contributed by atoms with van der Waals surface area (Å²) in [6.07, 6.45) is 2.28. The molecule has 1 amide bonds. The molecule has 0 aliphatic carbocycles. The highest BCUT2D eigenvalue weighted by molar-refractivity contribution is 6.30. The van der Waals surface area contributed by atoms with Gasteiger partial charge < -0.3 is 11.1 Å². The molecule has 4 rings (SSSR count). The van der Waals surface area contributed by atoms with E-state index in [1.807, 2.05) is 18.2 Å². The van der Waals surface area contributed by atoms with Crippen molar-refractivity contribution in [3.63, 3.8) is 0 Å². The quantitative estimate of drug-likeness (QED) is 0.441. The van der Waals surface area contributed by atoms with Crippen LogP contribution in [0.4, 0.5) is 0 Å². The number of nitrogens with one attached hydrogen (secondary N) is 1. The minimum atomic E-state index is -1.02. The highest BCUT2D eigenvalue weighted by atomic mass is 35.5. The lowest BCUT2D eigenvalue weighted by Crippen LogP contribution is -2.50. The van der Waals surface area contributed by atoms with Crippen molar-refractivity contribution in [2.45, 2.75) is 39.3 Å². The normalized spacial score (nSPS) is 12.2. The van der Waals surface area contributed by atoms with Gasteiger partial charge in [0, 0.05) is 6.20 Å². The van der Waals surface area contributed by atoms with Crippen LogP contribution in [0.25, 0.3) is 16.8 Å². The van der Waals surface area contributed by atoms with Crippen molar-refractivity contribution in [2.24, 2.45) is 5.73 Å². The SMILES string of the molecule is C.CC(C)(N)C(=O)N[C@H](Cc1ccc(-c2ccccc2)cc1)c1nnc2ccc(Cl)cn12. The van der Waals surface area contributed by atoms with Gasteiger partial charge in [0.1, 0.15) is 0 Å². The van der Waals surface area contributed by atoms with Gasteiger partial charge in [0.2, 0.25) is 5.91 Å². The first-order valence-electron chi connectivity index (χ1n) is 10.1. The highest BCUT2D eigenvalue weighted by Crippen LogP contribution is 2.24. The summed E-state index contributed by atoms with van der Waals surface area (Å²) in [5.41, 5.74) is 9.00. The van der Waals surface area contributed by atoms with E-state index in [9.17, 15) is 4.79 Å². The van der Waals surface area contributed by atoms with Crippen LogP contribution >= 0.6 is 11.6 Å². The van der Waals surface area contributed by atoms with Gasteiger partial charge in [-0.25, -0.2) is 0 Å². The molecular formula is C25H28ClN5O. The van der Waals surface area contributed by atoms with Gasteiger partial charge in [-0.1, -0.05) is 73.6 Å². The molecule has 0 fully saturated rings. The molecule has 3 N–H and O–H groups in total. The smallest absolute Gasteiger partial charge is 0.240 e. The van der Waals surface area contributed by atoms with Gasteiger partial charge in [-0.15, -0.1) is 10.2 Å². The molecule has 0 saturated heterocycles. The van der Waals surface area contributed by atoms with Gasteiger partial charge in [-0.05, 0) is 49.1 Å². The molecule has 0 aliphatic rings. The van der Waals surface area contributed by atoms with E-state index in [1.54, 1.807) is 36.6 Å². The van der Waals surface area contributed by atoms with Crippen LogP contribution in [0.3, 0.4) is 0 Å². The van der Waals surface area contributed by atoms with E-state index in [1.165, 1.54) is 0 Å². The topological polar surface area (TPSA) is 85.3 Å². The van der Waals surface area contributed by atoms with E-state index in [2.05, 4.69) is 51.9 Å². The third kappa shape index (κ3) is 5.15. The number of fused-ring (bicyclic) bond motifs is 1. The molecule has 0 aliphatic heterocycles. The highest BCUT2D eigenvalue weighted by Gasteiger charge is 2.28. The molecule has 7 heteroatoms. The number of nitrogens with two attached hydrogens (primary N) is 1. The monoisotopic (exact) mass is 449 g/mol. The number of aromatic nitrogens is 3. The van der Waals surface area contributed by atoms with E-state index in [-0.39, 0.29) is 13.3 Å². The minimum absolute atomic E-state index is 0. The first-order chi connectivity index (χ1) is 14.8. The van der Waals surface area contributed by atoms with E-state index in [4.69, 9.17) is 17.3 Å². The second-order valence-electron chi connectivity index (χ2n) is 8.15. The predicted molar refractivity (Wildman–Crippen MR) is 129 cm³/mol. The van der Waals surface area contributed by atoms with Crippen molar-refractivity contribution in [2.75, 3.05) is 0 Å². The van der Waals surface area contributed by atoms with Crippen LogP contribution in [0.5, 0.6) is 0 Å². The fraction of sp³-hybridized carbons (Fsp3) is 0.240. The molecule has 1 atom stereocenters. The lowest BCUT2D eigenvalue weighted by Gasteiger charge is -2.23. The first-order valence-corrected chi connectivity index (χ1v) is 10.4. The molecule has 0 radical (unpaired) electrons. The van der Waals surface area contributed by atoms with Gasteiger partial charge in [0.15, 0.2) is 11.5 Å². The predicted octanol–water partition coefficient (Wildman–Crippen LogP) is 4.82. The van der Waals surface area contributed by atoms with Crippen LogP contribution < -0.4 is 11.1 Å². The van der Waals surface area contributed by atoms with Crippen molar-refractivity contribution in [1.82, 2.24) is 19.9 Å². The Morgan fingerprint density at radius 3 is 2.34 bits per heavy atom. The summed E-state index contributed by atoms with van der Waals surface area (Å²) in [7, 11) is 0. The lowest BCUT2D eigenvalue weighted by atomic mass is 9.99. The Kier molecular flexibility index (Phi) is 6.96. The number of rotatable bonds is 6. The Morgan fingerprint density at radius 2 is 1.69 bits per heavy atom. The van der Waals surface area contributed by atoms with Gasteiger partial charge >= 0.3 is 0 Å². The van der Waals surface area contributed by atoms with E-state index in [0.29, 0.717) is 22.9 Å². The van der Waals surface area contributed by atoms with Crippen molar-refractivity contribution in [3.8, 4) is 11.1 Å². The summed E-state index contributed by atoms with van der Waals surface area (Å²) in [6.45, 7) is 3.35. The number of benzene rings is 2. The molecule has 0 saturated carbocycles. The molecule has 2 aromatic carbocycles. The standard InChI is InChI=1S/C24H24ClN5O.CH4/c1-24(2,26)23(31)27-20(22-29-28-21-13-12-19(25)15-30(21)22)14-16-8-10-18(11-9-16)17-6-4-3-5-7-17;/h3-13,15,20H,14,26H2,1-2H3,(H,27,31);1H4/t20-;/m1./s1. The average molecular weight is 450 g/mol. The van der Waals surface area contributed by atoms with E-state index >= 15 is 0 Å². The molecule has 4 aromatic rings. The molecule has 166 valence electrons. The summed E-state index contributed by atoms with van der Waals surface area (Å²) in [5.74, 6) is 0.333. The number of carbonyl (C=O) groups is 1. The van der Waals surface area contributed by atoms with Crippen LogP contribution in [0.2, 0.25) is 5.02 Å². The van der Waals surface area contributed by atoms with Crippen molar-refractivity contribution >= 4 is 23.2 Å². The molecule has 0 bridgehead atoms. The second-order valence-corrected chi connectivity index (χ2v) is 8.58. The first kappa shape index (κ1) is 23.4.